The number of hydrogen-bond acceptors (Lipinski definition) is 7. The van der Waals surface area contributed by atoms with Gasteiger partial charge in [-0.05, 0) is 91.3 Å². The molecule has 3 amide bonds. The molecule has 0 aliphatic carbocycles. The number of hydrogen-bond donors (Lipinski definition) is 3. The van der Waals surface area contributed by atoms with Crippen LogP contribution in [0.2, 0.25) is 5.02 Å². The summed E-state index contributed by atoms with van der Waals surface area (Å²) in [6.45, 7) is 4.42. The third-order valence-electron chi connectivity index (χ3n) is 9.82. The van der Waals surface area contributed by atoms with Crippen molar-refractivity contribution in [2.24, 2.45) is 5.92 Å². The summed E-state index contributed by atoms with van der Waals surface area (Å²) in [4.78, 5) is 38.0. The van der Waals surface area contributed by atoms with E-state index in [1.165, 1.54) is 0 Å². The number of aromatic amines is 2. The average Bonchev–Trinajstić information content (AvgIpc) is 3.81. The molecule has 3 atom stereocenters. The number of tetrazole rings is 1. The molecule has 50 heavy (non-hydrogen) atoms. The predicted molar refractivity (Wildman–Crippen MR) is 193 cm³/mol. The second-order valence-electron chi connectivity index (χ2n) is 13.6. The Morgan fingerprint density at radius 1 is 1.08 bits per heavy atom. The van der Waals surface area contributed by atoms with Crippen LogP contribution in [0.1, 0.15) is 36.8 Å². The maximum atomic E-state index is 14.8. The number of nitrogens with zero attached hydrogens (tertiary/aromatic N) is 6. The van der Waals surface area contributed by atoms with E-state index in [-0.39, 0.29) is 29.9 Å². The Labute approximate surface area is 296 Å². The second kappa shape index (κ2) is 14.5. The summed E-state index contributed by atoms with van der Waals surface area (Å²) in [5.41, 5.74) is 4.70. The SMILES string of the molecule is CC(c1c[nH]c2ccccc12)C(NC(=O)N1CCC(Oc2ccc(-c3nn[nH]n3)cc2)CC1)C(=O)N1C[C@@H](CN(C)C)Cc2cc(Cl)ccc21. The first-order chi connectivity index (χ1) is 24.2. The maximum Gasteiger partial charge on any atom is 0.318 e. The molecule has 2 aliphatic heterocycles. The first-order valence-electron chi connectivity index (χ1n) is 17.1. The number of carbonyl (C=O) groups excluding carboxylic acids is 2. The molecule has 260 valence electrons. The lowest BCUT2D eigenvalue weighted by molar-refractivity contribution is -0.121. The Balaban J connectivity index is 1.09. The first kappa shape index (κ1) is 33.6. The number of ether oxygens (including phenoxy) is 1. The van der Waals surface area contributed by atoms with Gasteiger partial charge in [-0.1, -0.05) is 36.7 Å². The van der Waals surface area contributed by atoms with E-state index in [9.17, 15) is 9.59 Å². The molecule has 2 aliphatic rings. The number of anilines is 1. The average molecular weight is 696 g/mol. The van der Waals surface area contributed by atoms with Gasteiger partial charge in [0.15, 0.2) is 0 Å². The third kappa shape index (κ3) is 7.17. The Hall–Kier alpha value is -4.94. The molecule has 13 heteroatoms. The maximum absolute atomic E-state index is 14.8. The van der Waals surface area contributed by atoms with Gasteiger partial charge in [0.05, 0.1) is 0 Å². The lowest BCUT2D eigenvalue weighted by atomic mass is 9.88. The number of piperidine rings is 1. The van der Waals surface area contributed by atoms with Crippen molar-refractivity contribution in [3.63, 3.8) is 0 Å². The quantitative estimate of drug-likeness (QED) is 0.186. The van der Waals surface area contributed by atoms with Gasteiger partial charge in [0, 0.05) is 78.3 Å². The van der Waals surface area contributed by atoms with Crippen LogP contribution in [0, 0.1) is 5.92 Å². The van der Waals surface area contributed by atoms with Crippen molar-refractivity contribution in [2.45, 2.75) is 44.2 Å². The summed E-state index contributed by atoms with van der Waals surface area (Å²) in [6, 6.07) is 20.3. The van der Waals surface area contributed by atoms with Gasteiger partial charge in [0.1, 0.15) is 17.9 Å². The van der Waals surface area contributed by atoms with Crippen molar-refractivity contribution < 1.29 is 14.3 Å². The number of amides is 3. The molecule has 4 heterocycles. The molecule has 0 saturated carbocycles. The molecule has 1 saturated heterocycles. The van der Waals surface area contributed by atoms with E-state index in [1.807, 2.05) is 92.8 Å². The highest BCUT2D eigenvalue weighted by molar-refractivity contribution is 6.30. The van der Waals surface area contributed by atoms with Crippen molar-refractivity contribution >= 4 is 40.1 Å². The van der Waals surface area contributed by atoms with Gasteiger partial charge in [-0.15, -0.1) is 10.2 Å². The number of halogens is 1. The molecule has 0 bridgehead atoms. The molecule has 12 nitrogen and oxygen atoms in total. The molecule has 3 N–H and O–H groups in total. The van der Waals surface area contributed by atoms with Crippen LogP contribution in [-0.2, 0) is 11.2 Å². The summed E-state index contributed by atoms with van der Waals surface area (Å²) in [7, 11) is 4.09. The first-order valence-corrected chi connectivity index (χ1v) is 17.5. The number of para-hydroxylation sites is 1. The molecule has 3 aromatic carbocycles. The molecular weight excluding hydrogens is 654 g/mol. The van der Waals surface area contributed by atoms with E-state index in [0.29, 0.717) is 43.3 Å². The van der Waals surface area contributed by atoms with Gasteiger partial charge in [-0.25, -0.2) is 4.79 Å². The fourth-order valence-electron chi connectivity index (χ4n) is 7.34. The zero-order valence-corrected chi connectivity index (χ0v) is 29.2. The smallest absolute Gasteiger partial charge is 0.318 e. The van der Waals surface area contributed by atoms with Crippen molar-refractivity contribution in [3.05, 3.63) is 89.1 Å². The van der Waals surface area contributed by atoms with Gasteiger partial charge in [0.25, 0.3) is 0 Å². The van der Waals surface area contributed by atoms with E-state index in [2.05, 4.69) is 41.9 Å². The molecular formula is C37H42ClN9O3. The van der Waals surface area contributed by atoms with E-state index < -0.39 is 6.04 Å². The molecule has 0 radical (unpaired) electrons. The highest BCUT2D eigenvalue weighted by Crippen LogP contribution is 2.35. The third-order valence-corrected chi connectivity index (χ3v) is 10.1. The molecule has 2 unspecified atom stereocenters. The summed E-state index contributed by atoms with van der Waals surface area (Å²) in [5.74, 6) is 1.03. The lowest BCUT2D eigenvalue weighted by Gasteiger charge is -2.39. The van der Waals surface area contributed by atoms with Crippen molar-refractivity contribution in [2.75, 3.05) is 45.2 Å². The zero-order chi connectivity index (χ0) is 34.8. The van der Waals surface area contributed by atoms with Crippen molar-refractivity contribution in [3.8, 4) is 17.1 Å². The van der Waals surface area contributed by atoms with E-state index in [4.69, 9.17) is 16.3 Å². The standard InChI is InChI=1S/C37H42ClN9O3/c1-23(31-20-39-32-7-5-4-6-30(31)32)34(36(48)47-22-24(21-45(2)3)18-26-19-27(38)10-13-33(26)47)40-37(49)46-16-14-29(15-17-46)50-28-11-8-25(9-12-28)35-41-43-44-42-35/h4-13,19-20,23-24,29,34,39H,14-18,21-22H2,1-3H3,(H,40,49)(H,41,42,43,44)/t23?,24-,34?/m1/s1. The summed E-state index contributed by atoms with van der Waals surface area (Å²) < 4.78 is 6.26. The summed E-state index contributed by atoms with van der Waals surface area (Å²) in [6.07, 6.45) is 4.08. The number of rotatable bonds is 9. The van der Waals surface area contributed by atoms with E-state index >= 15 is 0 Å². The monoisotopic (exact) mass is 695 g/mol. The summed E-state index contributed by atoms with van der Waals surface area (Å²) >= 11 is 6.43. The van der Waals surface area contributed by atoms with Crippen LogP contribution in [0.3, 0.4) is 0 Å². The zero-order valence-electron chi connectivity index (χ0n) is 28.5. The number of nitrogens with one attached hydrogen (secondary N) is 3. The fourth-order valence-corrected chi connectivity index (χ4v) is 7.53. The van der Waals surface area contributed by atoms with Gasteiger partial charge in [0.2, 0.25) is 11.7 Å². The lowest BCUT2D eigenvalue weighted by Crippen LogP contribution is -2.57. The molecule has 0 spiro atoms. The van der Waals surface area contributed by atoms with Crippen LogP contribution in [0.15, 0.2) is 72.9 Å². The topological polar surface area (TPSA) is 135 Å². The van der Waals surface area contributed by atoms with Gasteiger partial charge >= 0.3 is 6.03 Å². The predicted octanol–water partition coefficient (Wildman–Crippen LogP) is 5.49. The van der Waals surface area contributed by atoms with Crippen LogP contribution in [0.5, 0.6) is 5.75 Å². The number of likely N-dealkylation sites (tertiary alicyclic amines) is 1. The molecule has 1 fully saturated rings. The van der Waals surface area contributed by atoms with Crippen LogP contribution in [-0.4, -0.2) is 99.8 Å². The Kier molecular flexibility index (Phi) is 9.73. The second-order valence-corrected chi connectivity index (χ2v) is 14.1. The number of aromatic nitrogens is 5. The number of urea groups is 1. The number of carbonyl (C=O) groups is 2. The number of H-pyrrole nitrogens is 2. The molecule has 7 rings (SSSR count). The van der Waals surface area contributed by atoms with Crippen molar-refractivity contribution in [1.82, 2.24) is 40.7 Å². The minimum atomic E-state index is -0.810. The molecule has 2 aromatic heterocycles. The van der Waals surface area contributed by atoms with E-state index in [1.54, 1.807) is 4.90 Å². The Morgan fingerprint density at radius 3 is 2.60 bits per heavy atom. The minimum Gasteiger partial charge on any atom is -0.490 e. The van der Waals surface area contributed by atoms with Gasteiger partial charge in [-0.3, -0.25) is 4.79 Å². The van der Waals surface area contributed by atoms with Crippen LogP contribution in [0.4, 0.5) is 10.5 Å². The minimum absolute atomic E-state index is 0.0389. The number of fused-ring (bicyclic) bond motifs is 2. The van der Waals surface area contributed by atoms with Crippen LogP contribution < -0.4 is 15.0 Å². The Bertz CT molecular complexity index is 1940. The summed E-state index contributed by atoms with van der Waals surface area (Å²) in [5, 5.41) is 19.0. The largest absolute Gasteiger partial charge is 0.490 e. The highest BCUT2D eigenvalue weighted by atomic mass is 35.5. The van der Waals surface area contributed by atoms with Crippen molar-refractivity contribution in [1.29, 1.82) is 0 Å². The number of benzene rings is 3. The van der Waals surface area contributed by atoms with E-state index in [0.717, 1.165) is 52.0 Å². The van der Waals surface area contributed by atoms with Gasteiger partial charge in [-0.2, -0.15) is 5.21 Å². The highest BCUT2D eigenvalue weighted by Gasteiger charge is 2.38. The Morgan fingerprint density at radius 2 is 1.86 bits per heavy atom. The normalized spacial score (nSPS) is 17.8. The van der Waals surface area contributed by atoms with Crippen LogP contribution >= 0.6 is 11.6 Å². The van der Waals surface area contributed by atoms with Crippen LogP contribution in [0.25, 0.3) is 22.3 Å². The molecule has 5 aromatic rings. The fraction of sp³-hybridized carbons (Fsp3) is 0.378. The van der Waals surface area contributed by atoms with Gasteiger partial charge < -0.3 is 29.7 Å².